The van der Waals surface area contributed by atoms with E-state index in [-0.39, 0.29) is 34.6 Å². The second-order valence-corrected chi connectivity index (χ2v) is 9.89. The number of carbonyl (C=O) groups excluding carboxylic acids is 2. The third-order valence-corrected chi connectivity index (χ3v) is 7.00. The molecular weight excluding hydrogens is 520 g/mol. The number of methoxy groups -OCH3 is 1. The molecule has 2 atom stereocenters. The Bertz CT molecular complexity index is 1340. The molecular formula is C28H26Cl2FNO5. The van der Waals surface area contributed by atoms with Gasteiger partial charge in [0.25, 0.3) is 5.91 Å². The molecule has 4 rings (SSSR count). The van der Waals surface area contributed by atoms with Crippen molar-refractivity contribution in [2.45, 2.75) is 37.9 Å². The van der Waals surface area contributed by atoms with Crippen LogP contribution in [0.5, 0.6) is 11.5 Å². The van der Waals surface area contributed by atoms with Crippen molar-refractivity contribution in [2.24, 2.45) is 0 Å². The summed E-state index contributed by atoms with van der Waals surface area (Å²) in [7, 11) is 1.52. The van der Waals surface area contributed by atoms with E-state index in [1.165, 1.54) is 25.3 Å². The van der Waals surface area contributed by atoms with Crippen LogP contribution in [0.2, 0.25) is 10.0 Å². The molecule has 0 bridgehead atoms. The van der Waals surface area contributed by atoms with Gasteiger partial charge >= 0.3 is 0 Å². The zero-order chi connectivity index (χ0) is 26.7. The summed E-state index contributed by atoms with van der Waals surface area (Å²) in [5.41, 5.74) is 0.854. The van der Waals surface area contributed by atoms with Crippen LogP contribution < -0.4 is 14.8 Å². The maximum absolute atomic E-state index is 13.7. The predicted molar refractivity (Wildman–Crippen MR) is 140 cm³/mol. The average molecular weight is 546 g/mol. The molecule has 0 aliphatic carbocycles. The molecule has 37 heavy (non-hydrogen) atoms. The Morgan fingerprint density at radius 3 is 2.51 bits per heavy atom. The number of rotatable bonds is 9. The van der Waals surface area contributed by atoms with Crippen LogP contribution >= 0.6 is 23.2 Å². The molecule has 1 fully saturated rings. The number of nitrogens with one attached hydrogen (secondary N) is 1. The molecule has 3 aromatic rings. The molecule has 1 saturated heterocycles. The number of Topliss-reactive ketones (excluding diaryl/α,β-unsaturated/α-hetero) is 1. The molecule has 1 heterocycles. The summed E-state index contributed by atoms with van der Waals surface area (Å²) in [5, 5.41) is 14.1. The molecule has 1 aliphatic rings. The summed E-state index contributed by atoms with van der Waals surface area (Å²) in [6, 6.07) is 14.2. The molecule has 194 valence electrons. The van der Waals surface area contributed by atoms with E-state index in [2.05, 4.69) is 5.32 Å². The van der Waals surface area contributed by atoms with E-state index in [1.807, 2.05) is 0 Å². The number of hydrogen-bond acceptors (Lipinski definition) is 5. The lowest BCUT2D eigenvalue weighted by atomic mass is 9.87. The number of ether oxygens (including phenoxy) is 2. The Morgan fingerprint density at radius 1 is 1.11 bits per heavy atom. The Hall–Kier alpha value is -3.13. The van der Waals surface area contributed by atoms with Crippen molar-refractivity contribution >= 4 is 34.9 Å². The SMILES string of the molecule is COc1ccc(C(C)(O)CCC(=O)c2ccc(O[C@@H]3CCNC3=O)c(Cl)c2)cc1-c1ccc(F)c(Cl)c1. The van der Waals surface area contributed by atoms with Gasteiger partial charge in [-0.25, -0.2) is 4.39 Å². The number of halogens is 3. The van der Waals surface area contributed by atoms with E-state index in [9.17, 15) is 19.1 Å². The standard InChI is InChI=1S/C28H26Cl2FNO5/c1-28(35,18-5-8-24(36-2)19(15-18)16-3-6-22(31)20(29)13-16)11-9-23(33)17-4-7-25(21(30)14-17)37-26-10-12-32-27(26)34/h3-8,13-15,26,35H,9-12H2,1-2H3,(H,32,34)/t26-,28?/m1/s1. The van der Waals surface area contributed by atoms with Gasteiger partial charge in [-0.2, -0.15) is 0 Å². The molecule has 0 radical (unpaired) electrons. The molecule has 3 aromatic carbocycles. The van der Waals surface area contributed by atoms with E-state index in [0.717, 1.165) is 0 Å². The van der Waals surface area contributed by atoms with Gasteiger partial charge in [-0.3, -0.25) is 9.59 Å². The minimum atomic E-state index is -1.34. The van der Waals surface area contributed by atoms with Crippen LogP contribution in [-0.2, 0) is 10.4 Å². The number of hydrogen-bond donors (Lipinski definition) is 2. The maximum atomic E-state index is 13.7. The van der Waals surface area contributed by atoms with Crippen LogP contribution in [-0.4, -0.2) is 36.6 Å². The van der Waals surface area contributed by atoms with Crippen molar-refractivity contribution < 1.29 is 28.6 Å². The zero-order valence-electron chi connectivity index (χ0n) is 20.3. The lowest BCUT2D eigenvalue weighted by Crippen LogP contribution is -2.27. The van der Waals surface area contributed by atoms with Crippen LogP contribution in [0.1, 0.15) is 42.1 Å². The van der Waals surface area contributed by atoms with Crippen LogP contribution in [0.15, 0.2) is 54.6 Å². The van der Waals surface area contributed by atoms with Crippen molar-refractivity contribution in [3.63, 3.8) is 0 Å². The van der Waals surface area contributed by atoms with Gasteiger partial charge < -0.3 is 19.9 Å². The second kappa shape index (κ2) is 11.1. The fourth-order valence-electron chi connectivity index (χ4n) is 4.18. The number of benzene rings is 3. The van der Waals surface area contributed by atoms with E-state index >= 15 is 0 Å². The zero-order valence-corrected chi connectivity index (χ0v) is 21.8. The monoisotopic (exact) mass is 545 g/mol. The highest BCUT2D eigenvalue weighted by Crippen LogP contribution is 2.37. The number of ketones is 1. The van der Waals surface area contributed by atoms with Gasteiger partial charge in [-0.05, 0) is 66.9 Å². The van der Waals surface area contributed by atoms with Crippen molar-refractivity contribution in [3.8, 4) is 22.6 Å². The molecule has 6 nitrogen and oxygen atoms in total. The van der Waals surface area contributed by atoms with Gasteiger partial charge in [0.2, 0.25) is 0 Å². The minimum absolute atomic E-state index is 0.0242. The summed E-state index contributed by atoms with van der Waals surface area (Å²) >= 11 is 12.3. The molecule has 1 amide bonds. The largest absolute Gasteiger partial charge is 0.496 e. The fourth-order valence-corrected chi connectivity index (χ4v) is 4.59. The predicted octanol–water partition coefficient (Wildman–Crippen LogP) is 5.95. The molecule has 0 spiro atoms. The number of amides is 1. The fraction of sp³-hybridized carbons (Fsp3) is 0.286. The summed E-state index contributed by atoms with van der Waals surface area (Å²) in [6.45, 7) is 2.17. The molecule has 0 aromatic heterocycles. The first-order valence-corrected chi connectivity index (χ1v) is 12.5. The normalized spacial score (nSPS) is 16.7. The summed E-state index contributed by atoms with van der Waals surface area (Å²) < 4.78 is 24.8. The molecule has 0 saturated carbocycles. The van der Waals surface area contributed by atoms with Gasteiger partial charge in [0, 0.05) is 30.5 Å². The lowest BCUT2D eigenvalue weighted by molar-refractivity contribution is -0.124. The smallest absolute Gasteiger partial charge is 0.261 e. The van der Waals surface area contributed by atoms with E-state index in [4.69, 9.17) is 32.7 Å². The lowest BCUT2D eigenvalue weighted by Gasteiger charge is -2.25. The highest BCUT2D eigenvalue weighted by atomic mass is 35.5. The maximum Gasteiger partial charge on any atom is 0.261 e. The van der Waals surface area contributed by atoms with Crippen molar-refractivity contribution in [3.05, 3.63) is 81.6 Å². The van der Waals surface area contributed by atoms with Crippen LogP contribution in [0.4, 0.5) is 4.39 Å². The Labute approximate surface area is 224 Å². The summed E-state index contributed by atoms with van der Waals surface area (Å²) in [5.74, 6) is -0.0620. The Balaban J connectivity index is 1.48. The summed E-state index contributed by atoms with van der Waals surface area (Å²) in [4.78, 5) is 24.6. The van der Waals surface area contributed by atoms with Crippen molar-refractivity contribution in [2.75, 3.05) is 13.7 Å². The van der Waals surface area contributed by atoms with Crippen molar-refractivity contribution in [1.82, 2.24) is 5.32 Å². The molecule has 9 heteroatoms. The molecule has 1 aliphatic heterocycles. The first kappa shape index (κ1) is 26.9. The van der Waals surface area contributed by atoms with Gasteiger partial charge in [-0.15, -0.1) is 0 Å². The average Bonchev–Trinajstić information content (AvgIpc) is 3.29. The summed E-state index contributed by atoms with van der Waals surface area (Å²) in [6.07, 6.45) is 0.138. The quantitative estimate of drug-likeness (QED) is 0.325. The Morgan fingerprint density at radius 2 is 1.86 bits per heavy atom. The number of carbonyl (C=O) groups is 2. The van der Waals surface area contributed by atoms with E-state index < -0.39 is 17.5 Å². The topological polar surface area (TPSA) is 84.9 Å². The van der Waals surface area contributed by atoms with E-state index in [1.54, 1.807) is 43.3 Å². The Kier molecular flexibility index (Phi) is 8.07. The van der Waals surface area contributed by atoms with Gasteiger partial charge in [0.1, 0.15) is 17.3 Å². The van der Waals surface area contributed by atoms with Crippen molar-refractivity contribution in [1.29, 1.82) is 0 Å². The highest BCUT2D eigenvalue weighted by Gasteiger charge is 2.28. The third kappa shape index (κ3) is 6.06. The third-order valence-electron chi connectivity index (χ3n) is 6.41. The van der Waals surface area contributed by atoms with Gasteiger partial charge in [0.15, 0.2) is 11.9 Å². The number of aliphatic hydroxyl groups is 1. The first-order chi connectivity index (χ1) is 17.6. The van der Waals surface area contributed by atoms with Crippen LogP contribution in [0.3, 0.4) is 0 Å². The highest BCUT2D eigenvalue weighted by molar-refractivity contribution is 6.32. The van der Waals surface area contributed by atoms with Gasteiger partial charge in [0.05, 0.1) is 22.8 Å². The minimum Gasteiger partial charge on any atom is -0.496 e. The van der Waals surface area contributed by atoms with Gasteiger partial charge in [-0.1, -0.05) is 35.3 Å². The van der Waals surface area contributed by atoms with Crippen LogP contribution in [0.25, 0.3) is 11.1 Å². The van der Waals surface area contributed by atoms with Crippen LogP contribution in [0, 0.1) is 5.82 Å². The first-order valence-electron chi connectivity index (χ1n) is 11.7. The molecule has 1 unspecified atom stereocenters. The van der Waals surface area contributed by atoms with E-state index in [0.29, 0.717) is 46.7 Å². The second-order valence-electron chi connectivity index (χ2n) is 9.07. The molecule has 2 N–H and O–H groups in total.